The van der Waals surface area contributed by atoms with Crippen LogP contribution in [0.1, 0.15) is 18.5 Å². The van der Waals surface area contributed by atoms with Crippen LogP contribution in [-0.2, 0) is 20.1 Å². The first-order valence-electron chi connectivity index (χ1n) is 6.95. The Labute approximate surface area is 148 Å². The molecule has 1 atom stereocenters. The Kier molecular flexibility index (Phi) is 5.58. The summed E-state index contributed by atoms with van der Waals surface area (Å²) in [5, 5.41) is 0. The summed E-state index contributed by atoms with van der Waals surface area (Å²) in [6.45, 7) is 1.51. The van der Waals surface area contributed by atoms with E-state index in [9.17, 15) is 30.0 Å². The van der Waals surface area contributed by atoms with E-state index in [-0.39, 0.29) is 4.90 Å². The number of sulfonamides is 1. The maximum absolute atomic E-state index is 12.3. The first-order chi connectivity index (χ1) is 11.9. The van der Waals surface area contributed by atoms with Gasteiger partial charge in [-0.3, -0.25) is 4.98 Å². The fourth-order valence-electron chi connectivity index (χ4n) is 1.86. The van der Waals surface area contributed by atoms with Crippen LogP contribution in [0.3, 0.4) is 0 Å². The summed E-state index contributed by atoms with van der Waals surface area (Å²) in [6.07, 6.45) is 2.57. The third kappa shape index (κ3) is 4.71. The van der Waals surface area contributed by atoms with E-state index in [0.717, 1.165) is 18.3 Å². The van der Waals surface area contributed by atoms with Crippen molar-refractivity contribution in [2.75, 3.05) is 0 Å². The zero-order valence-corrected chi connectivity index (χ0v) is 14.8. The molecule has 0 amide bonds. The summed E-state index contributed by atoms with van der Waals surface area (Å²) in [5.41, 5.74) is -5.16. The summed E-state index contributed by atoms with van der Waals surface area (Å²) in [5.74, 6) is -0.548. The molecule has 1 N–H and O–H groups in total. The van der Waals surface area contributed by atoms with Gasteiger partial charge in [0, 0.05) is 18.4 Å². The molecule has 0 aliphatic heterocycles. The lowest BCUT2D eigenvalue weighted by molar-refractivity contribution is -0.0500. The van der Waals surface area contributed by atoms with Gasteiger partial charge in [-0.2, -0.15) is 21.6 Å². The number of hydrogen-bond acceptors (Lipinski definition) is 6. The maximum atomic E-state index is 12.3. The third-order valence-corrected chi connectivity index (χ3v) is 5.65. The monoisotopic (exact) mass is 410 g/mol. The predicted molar refractivity (Wildman–Crippen MR) is 85.0 cm³/mol. The van der Waals surface area contributed by atoms with E-state index < -0.39 is 37.4 Å². The molecule has 0 saturated heterocycles. The molecule has 2 aromatic rings. The lowest BCUT2D eigenvalue weighted by atomic mass is 10.1. The number of nitrogens with one attached hydrogen (secondary N) is 1. The normalized spacial score (nSPS) is 14.0. The summed E-state index contributed by atoms with van der Waals surface area (Å²) in [4.78, 5) is 3.66. The van der Waals surface area contributed by atoms with Crippen LogP contribution in [0.2, 0.25) is 0 Å². The van der Waals surface area contributed by atoms with Gasteiger partial charge >= 0.3 is 15.6 Å². The average molecular weight is 410 g/mol. The largest absolute Gasteiger partial charge is 0.534 e. The Bertz CT molecular complexity index is 960. The van der Waals surface area contributed by atoms with Crippen LogP contribution < -0.4 is 8.91 Å². The Balaban J connectivity index is 2.13. The Morgan fingerprint density at radius 1 is 1.08 bits per heavy atom. The van der Waals surface area contributed by atoms with Crippen molar-refractivity contribution in [3.63, 3.8) is 0 Å². The van der Waals surface area contributed by atoms with Gasteiger partial charge in [0.15, 0.2) is 0 Å². The van der Waals surface area contributed by atoms with Gasteiger partial charge in [0.1, 0.15) is 10.6 Å². The molecule has 0 spiro atoms. The van der Waals surface area contributed by atoms with Crippen LogP contribution in [0.15, 0.2) is 53.7 Å². The molecule has 0 radical (unpaired) electrons. The summed E-state index contributed by atoms with van der Waals surface area (Å²) in [7, 11) is -9.62. The van der Waals surface area contributed by atoms with E-state index >= 15 is 0 Å². The summed E-state index contributed by atoms with van der Waals surface area (Å²) < 4.78 is 89.5. The number of aromatic nitrogens is 1. The number of alkyl halides is 3. The second-order valence-electron chi connectivity index (χ2n) is 5.08. The molecular formula is C14H13F3N2O5S2. The van der Waals surface area contributed by atoms with Gasteiger partial charge < -0.3 is 4.18 Å². The Morgan fingerprint density at radius 2 is 1.69 bits per heavy atom. The molecule has 1 aromatic carbocycles. The average Bonchev–Trinajstić information content (AvgIpc) is 2.54. The lowest BCUT2D eigenvalue weighted by Crippen LogP contribution is -2.28. The minimum Gasteiger partial charge on any atom is -0.376 e. The fraction of sp³-hybridized carbons (Fsp3) is 0.214. The quantitative estimate of drug-likeness (QED) is 0.579. The van der Waals surface area contributed by atoms with Crippen molar-refractivity contribution in [2.24, 2.45) is 0 Å². The minimum atomic E-state index is -5.77. The van der Waals surface area contributed by atoms with Crippen LogP contribution >= 0.6 is 0 Å². The highest BCUT2D eigenvalue weighted by Gasteiger charge is 2.48. The van der Waals surface area contributed by atoms with Gasteiger partial charge in [-0.15, -0.1) is 0 Å². The molecule has 142 valence electrons. The first kappa shape index (κ1) is 20.1. The standard InChI is InChI=1S/C14H13F3N2O5S2/c1-10(19-25(20,21)13-3-2-8-18-9-13)11-4-6-12(7-5-11)24-26(22,23)14(15,16)17/h2-10,19H,1H3/t10-/m1/s1. The zero-order valence-electron chi connectivity index (χ0n) is 13.1. The van der Waals surface area contributed by atoms with E-state index in [1.807, 2.05) is 0 Å². The van der Waals surface area contributed by atoms with Crippen molar-refractivity contribution in [1.29, 1.82) is 0 Å². The zero-order chi connectivity index (χ0) is 19.6. The van der Waals surface area contributed by atoms with E-state index in [2.05, 4.69) is 13.9 Å². The van der Waals surface area contributed by atoms with Crippen molar-refractivity contribution >= 4 is 20.1 Å². The van der Waals surface area contributed by atoms with Crippen LogP contribution in [0.4, 0.5) is 13.2 Å². The summed E-state index contributed by atoms with van der Waals surface area (Å²) in [6, 6.07) is 6.54. The van der Waals surface area contributed by atoms with Gasteiger partial charge in [0.05, 0.1) is 0 Å². The molecule has 26 heavy (non-hydrogen) atoms. The van der Waals surface area contributed by atoms with Gasteiger partial charge in [0.2, 0.25) is 10.0 Å². The van der Waals surface area contributed by atoms with Crippen LogP contribution in [0.5, 0.6) is 5.75 Å². The minimum absolute atomic E-state index is 0.0527. The van der Waals surface area contributed by atoms with Gasteiger partial charge in [0.25, 0.3) is 0 Å². The number of rotatable bonds is 6. The molecule has 0 aliphatic rings. The van der Waals surface area contributed by atoms with Crippen LogP contribution in [-0.4, -0.2) is 27.3 Å². The van der Waals surface area contributed by atoms with Crippen LogP contribution in [0, 0.1) is 0 Å². The molecule has 1 heterocycles. The topological polar surface area (TPSA) is 102 Å². The third-order valence-electron chi connectivity index (χ3n) is 3.15. The highest BCUT2D eigenvalue weighted by Crippen LogP contribution is 2.27. The Morgan fingerprint density at radius 3 is 2.19 bits per heavy atom. The maximum Gasteiger partial charge on any atom is 0.534 e. The molecule has 1 aromatic heterocycles. The van der Waals surface area contributed by atoms with Crippen molar-refractivity contribution in [1.82, 2.24) is 9.71 Å². The molecular weight excluding hydrogens is 397 g/mol. The van der Waals surface area contributed by atoms with Crippen molar-refractivity contribution in [3.8, 4) is 5.75 Å². The van der Waals surface area contributed by atoms with E-state index in [0.29, 0.717) is 5.56 Å². The Hall–Kier alpha value is -2.18. The van der Waals surface area contributed by atoms with Crippen molar-refractivity contribution in [3.05, 3.63) is 54.4 Å². The second-order valence-corrected chi connectivity index (χ2v) is 8.34. The van der Waals surface area contributed by atoms with Crippen molar-refractivity contribution in [2.45, 2.75) is 23.4 Å². The molecule has 7 nitrogen and oxygen atoms in total. The summed E-state index contributed by atoms with van der Waals surface area (Å²) >= 11 is 0. The van der Waals surface area contributed by atoms with Gasteiger partial charge in [-0.25, -0.2) is 13.1 Å². The number of nitrogens with zero attached hydrogens (tertiary/aromatic N) is 1. The molecule has 12 heteroatoms. The van der Waals surface area contributed by atoms with Gasteiger partial charge in [-0.05, 0) is 36.8 Å². The highest BCUT2D eigenvalue weighted by molar-refractivity contribution is 7.89. The predicted octanol–water partition coefficient (Wildman–Crippen LogP) is 2.35. The molecule has 0 saturated carbocycles. The smallest absolute Gasteiger partial charge is 0.376 e. The van der Waals surface area contributed by atoms with Crippen LogP contribution in [0.25, 0.3) is 0 Å². The number of pyridine rings is 1. The molecule has 0 unspecified atom stereocenters. The first-order valence-corrected chi connectivity index (χ1v) is 9.84. The number of benzene rings is 1. The van der Waals surface area contributed by atoms with E-state index in [1.165, 1.54) is 37.4 Å². The number of hydrogen-bond donors (Lipinski definition) is 1. The molecule has 0 bridgehead atoms. The van der Waals surface area contributed by atoms with E-state index in [1.54, 1.807) is 0 Å². The van der Waals surface area contributed by atoms with E-state index in [4.69, 9.17) is 0 Å². The lowest BCUT2D eigenvalue weighted by Gasteiger charge is -2.15. The SMILES string of the molecule is C[C@@H](NS(=O)(=O)c1cccnc1)c1ccc(OS(=O)(=O)C(F)(F)F)cc1. The number of halogens is 3. The van der Waals surface area contributed by atoms with Crippen molar-refractivity contribution < 1.29 is 34.2 Å². The second kappa shape index (κ2) is 7.21. The molecule has 2 rings (SSSR count). The molecule has 0 fully saturated rings. The highest BCUT2D eigenvalue weighted by atomic mass is 32.2. The van der Waals surface area contributed by atoms with Gasteiger partial charge in [-0.1, -0.05) is 12.1 Å². The fourth-order valence-corrected chi connectivity index (χ4v) is 3.51. The molecule has 0 aliphatic carbocycles.